The Bertz CT molecular complexity index is 619. The van der Waals surface area contributed by atoms with Crippen molar-refractivity contribution >= 4 is 23.2 Å². The molecule has 0 fully saturated rings. The van der Waals surface area contributed by atoms with Crippen LogP contribution in [0.3, 0.4) is 0 Å². The normalized spacial score (nSPS) is 12.4. The molecule has 0 aromatic heterocycles. The Labute approximate surface area is 127 Å². The largest absolute Gasteiger partial charge is 0.505 e. The maximum Gasteiger partial charge on any atom is 0.165 e. The van der Waals surface area contributed by atoms with Crippen LogP contribution in [0.4, 0.5) is 4.39 Å². The van der Waals surface area contributed by atoms with Crippen molar-refractivity contribution < 1.29 is 9.50 Å². The monoisotopic (exact) mass is 313 g/mol. The first kappa shape index (κ1) is 15.1. The fraction of sp³-hybridized carbons (Fsp3) is 0.200. The smallest absolute Gasteiger partial charge is 0.165 e. The van der Waals surface area contributed by atoms with Crippen molar-refractivity contribution in [2.45, 2.75) is 19.5 Å². The molecule has 0 amide bonds. The summed E-state index contributed by atoms with van der Waals surface area (Å²) in [7, 11) is 0. The topological polar surface area (TPSA) is 32.3 Å². The maximum absolute atomic E-state index is 13.2. The van der Waals surface area contributed by atoms with E-state index < -0.39 is 5.82 Å². The van der Waals surface area contributed by atoms with Gasteiger partial charge in [0.15, 0.2) is 11.6 Å². The Kier molecular flexibility index (Phi) is 4.86. The zero-order valence-corrected chi connectivity index (χ0v) is 12.3. The fourth-order valence-corrected chi connectivity index (χ4v) is 2.50. The predicted molar refractivity (Wildman–Crippen MR) is 79.8 cm³/mol. The summed E-state index contributed by atoms with van der Waals surface area (Å²) >= 11 is 12.0. The first-order valence-corrected chi connectivity index (χ1v) is 6.89. The lowest BCUT2D eigenvalue weighted by Gasteiger charge is -2.16. The molecule has 0 aliphatic carbocycles. The summed E-state index contributed by atoms with van der Waals surface area (Å²) in [6.07, 6.45) is 0. The van der Waals surface area contributed by atoms with E-state index in [0.29, 0.717) is 22.2 Å². The molecule has 0 heterocycles. The number of benzene rings is 2. The lowest BCUT2D eigenvalue weighted by Crippen LogP contribution is -2.18. The molecule has 1 atom stereocenters. The summed E-state index contributed by atoms with van der Waals surface area (Å²) in [5, 5.41) is 14.0. The number of phenols is 1. The van der Waals surface area contributed by atoms with Crippen LogP contribution in [-0.4, -0.2) is 5.11 Å². The van der Waals surface area contributed by atoms with Gasteiger partial charge in [0.25, 0.3) is 0 Å². The molecule has 2 aromatic rings. The van der Waals surface area contributed by atoms with Crippen LogP contribution in [0.2, 0.25) is 10.0 Å². The van der Waals surface area contributed by atoms with Crippen LogP contribution >= 0.6 is 23.2 Å². The van der Waals surface area contributed by atoms with Gasteiger partial charge in [0.2, 0.25) is 0 Å². The van der Waals surface area contributed by atoms with E-state index in [1.54, 1.807) is 24.3 Å². The number of aromatic hydroxyl groups is 1. The predicted octanol–water partition coefficient (Wildman–Crippen LogP) is 4.69. The van der Waals surface area contributed by atoms with E-state index in [1.807, 2.05) is 13.0 Å². The lowest BCUT2D eigenvalue weighted by molar-refractivity contribution is 0.421. The van der Waals surface area contributed by atoms with Gasteiger partial charge < -0.3 is 10.4 Å². The third-order valence-electron chi connectivity index (χ3n) is 3.10. The van der Waals surface area contributed by atoms with Gasteiger partial charge in [-0.05, 0) is 30.7 Å². The van der Waals surface area contributed by atoms with Crippen LogP contribution in [0.25, 0.3) is 0 Å². The van der Waals surface area contributed by atoms with E-state index in [9.17, 15) is 9.50 Å². The van der Waals surface area contributed by atoms with Crippen LogP contribution in [0, 0.1) is 5.82 Å². The van der Waals surface area contributed by atoms with Gasteiger partial charge in [-0.3, -0.25) is 0 Å². The summed E-state index contributed by atoms with van der Waals surface area (Å²) in [4.78, 5) is 0. The molecule has 0 aliphatic heterocycles. The van der Waals surface area contributed by atoms with Gasteiger partial charge >= 0.3 is 0 Å². The molecule has 2 nitrogen and oxygen atoms in total. The Balaban J connectivity index is 2.08. The Morgan fingerprint density at radius 1 is 1.25 bits per heavy atom. The highest BCUT2D eigenvalue weighted by atomic mass is 35.5. The van der Waals surface area contributed by atoms with Crippen molar-refractivity contribution in [2.24, 2.45) is 0 Å². The molecule has 0 saturated carbocycles. The van der Waals surface area contributed by atoms with E-state index in [0.717, 1.165) is 5.56 Å². The summed E-state index contributed by atoms with van der Waals surface area (Å²) < 4.78 is 13.2. The molecule has 2 N–H and O–H groups in total. The summed E-state index contributed by atoms with van der Waals surface area (Å²) in [6.45, 7) is 2.27. The Morgan fingerprint density at radius 3 is 2.70 bits per heavy atom. The third-order valence-corrected chi connectivity index (χ3v) is 3.66. The quantitative estimate of drug-likeness (QED) is 0.858. The lowest BCUT2D eigenvalue weighted by atomic mass is 10.1. The second-order valence-electron chi connectivity index (χ2n) is 4.52. The molecule has 5 heteroatoms. The average Bonchev–Trinajstić information content (AvgIpc) is 2.40. The maximum atomic E-state index is 13.2. The van der Waals surface area contributed by atoms with Crippen LogP contribution in [0.1, 0.15) is 24.1 Å². The molecule has 106 valence electrons. The minimum absolute atomic E-state index is 0.0533. The molecule has 0 radical (unpaired) electrons. The molecule has 0 aliphatic rings. The van der Waals surface area contributed by atoms with Crippen molar-refractivity contribution in [1.82, 2.24) is 5.32 Å². The van der Waals surface area contributed by atoms with Gasteiger partial charge in [-0.15, -0.1) is 0 Å². The molecule has 0 spiro atoms. The summed E-state index contributed by atoms with van der Waals surface area (Å²) in [5.41, 5.74) is 1.40. The number of para-hydroxylation sites is 1. The highest BCUT2D eigenvalue weighted by Gasteiger charge is 2.12. The molecular formula is C15H14Cl2FNO. The average molecular weight is 314 g/mol. The first-order chi connectivity index (χ1) is 9.49. The number of rotatable bonds is 4. The van der Waals surface area contributed by atoms with Gasteiger partial charge in [0.05, 0.1) is 0 Å². The number of nitrogens with one attached hydrogen (secondary N) is 1. The van der Waals surface area contributed by atoms with Crippen LogP contribution < -0.4 is 5.32 Å². The van der Waals surface area contributed by atoms with Crippen molar-refractivity contribution in [3.05, 3.63) is 63.4 Å². The van der Waals surface area contributed by atoms with Crippen LogP contribution in [0.15, 0.2) is 36.4 Å². The minimum Gasteiger partial charge on any atom is -0.505 e. The summed E-state index contributed by atoms with van der Waals surface area (Å²) in [6, 6.07) is 9.68. The number of hydrogen-bond acceptors (Lipinski definition) is 2. The highest BCUT2D eigenvalue weighted by Crippen LogP contribution is 2.27. The van der Waals surface area contributed by atoms with E-state index >= 15 is 0 Å². The van der Waals surface area contributed by atoms with E-state index in [1.165, 1.54) is 6.07 Å². The molecule has 0 bridgehead atoms. The fourth-order valence-electron chi connectivity index (χ4n) is 1.93. The second-order valence-corrected chi connectivity index (χ2v) is 5.36. The zero-order valence-electron chi connectivity index (χ0n) is 10.8. The van der Waals surface area contributed by atoms with Crippen molar-refractivity contribution in [2.75, 3.05) is 0 Å². The zero-order chi connectivity index (χ0) is 14.7. The Morgan fingerprint density at radius 2 is 2.00 bits per heavy atom. The first-order valence-electron chi connectivity index (χ1n) is 6.13. The Hall–Kier alpha value is -1.29. The highest BCUT2D eigenvalue weighted by molar-refractivity contribution is 6.35. The number of halogens is 3. The van der Waals surface area contributed by atoms with E-state index in [2.05, 4.69) is 5.32 Å². The molecular weight excluding hydrogens is 300 g/mol. The van der Waals surface area contributed by atoms with Crippen LogP contribution in [-0.2, 0) is 6.54 Å². The van der Waals surface area contributed by atoms with E-state index in [4.69, 9.17) is 23.2 Å². The van der Waals surface area contributed by atoms with E-state index in [-0.39, 0.29) is 11.8 Å². The van der Waals surface area contributed by atoms with Crippen LogP contribution in [0.5, 0.6) is 5.75 Å². The summed E-state index contributed by atoms with van der Waals surface area (Å²) in [5.74, 6) is -0.948. The number of phenolic OH excluding ortho intramolecular Hbond substituents is 1. The molecule has 20 heavy (non-hydrogen) atoms. The van der Waals surface area contributed by atoms with Gasteiger partial charge in [0, 0.05) is 28.2 Å². The van der Waals surface area contributed by atoms with Gasteiger partial charge in [-0.25, -0.2) is 4.39 Å². The van der Waals surface area contributed by atoms with Crippen molar-refractivity contribution in [3.63, 3.8) is 0 Å². The number of hydrogen-bond donors (Lipinski definition) is 2. The molecule has 2 rings (SSSR count). The third kappa shape index (κ3) is 3.42. The van der Waals surface area contributed by atoms with Gasteiger partial charge in [-0.1, -0.05) is 41.4 Å². The standard InChI is InChI=1S/C15H14Cl2FNO/c1-9(12-6-5-11(16)7-13(12)17)19-8-10-3-2-4-14(18)15(10)20/h2-7,9,19-20H,8H2,1H3. The molecule has 2 aromatic carbocycles. The van der Waals surface area contributed by atoms with Gasteiger partial charge in [0.1, 0.15) is 0 Å². The minimum atomic E-state index is -0.624. The van der Waals surface area contributed by atoms with Gasteiger partial charge in [-0.2, -0.15) is 0 Å². The SMILES string of the molecule is CC(NCc1cccc(F)c1O)c1ccc(Cl)cc1Cl. The molecule has 1 unspecified atom stereocenters. The molecule has 0 saturated heterocycles. The van der Waals surface area contributed by atoms with Crippen molar-refractivity contribution in [1.29, 1.82) is 0 Å². The second kappa shape index (κ2) is 6.44. The van der Waals surface area contributed by atoms with Crippen molar-refractivity contribution in [3.8, 4) is 5.75 Å².